The lowest BCUT2D eigenvalue weighted by molar-refractivity contribution is -0.136. The third-order valence-corrected chi connectivity index (χ3v) is 6.37. The van der Waals surface area contributed by atoms with Crippen molar-refractivity contribution >= 4 is 17.7 Å². The van der Waals surface area contributed by atoms with E-state index < -0.39 is 18.0 Å². The van der Waals surface area contributed by atoms with Crippen molar-refractivity contribution in [2.75, 3.05) is 58.5 Å². The van der Waals surface area contributed by atoms with E-state index in [1.165, 1.54) is 13.2 Å². The molecule has 0 radical (unpaired) electrons. The molecule has 3 N–H and O–H groups in total. The van der Waals surface area contributed by atoms with E-state index in [0.29, 0.717) is 30.0 Å². The van der Waals surface area contributed by atoms with Crippen molar-refractivity contribution in [3.8, 4) is 17.2 Å². The van der Waals surface area contributed by atoms with Crippen LogP contribution >= 0.6 is 0 Å². The SMILES string of the molecule is CCOc1cc([C@H]2NC(=O)NC(CN3CCN(c4ccc(OC)cc4)CC3)=C2C(=O)OC)ccc1O. The van der Waals surface area contributed by atoms with Gasteiger partial charge in [0.1, 0.15) is 5.75 Å². The molecule has 0 bridgehead atoms. The van der Waals surface area contributed by atoms with Gasteiger partial charge < -0.3 is 34.9 Å². The standard InChI is InChI=1S/C26H32N4O6/c1-4-36-22-15-17(5-10-21(22)31)24-23(25(32)35-3)20(27-26(33)28-24)16-29-11-13-30(14-12-29)18-6-8-19(34-2)9-7-18/h5-10,15,24,31H,4,11-14,16H2,1-3H3,(H2,27,28,33)/t24-/m1/s1. The van der Waals surface area contributed by atoms with Crippen LogP contribution in [0, 0.1) is 0 Å². The summed E-state index contributed by atoms with van der Waals surface area (Å²) in [5.41, 5.74) is 2.55. The highest BCUT2D eigenvalue weighted by molar-refractivity contribution is 5.95. The van der Waals surface area contributed by atoms with Gasteiger partial charge in [-0.1, -0.05) is 6.07 Å². The van der Waals surface area contributed by atoms with E-state index >= 15 is 0 Å². The third kappa shape index (κ3) is 5.49. The number of phenols is 1. The minimum atomic E-state index is -0.749. The fourth-order valence-corrected chi connectivity index (χ4v) is 4.51. The maximum atomic E-state index is 12.9. The van der Waals surface area contributed by atoms with Gasteiger partial charge in [0.25, 0.3) is 0 Å². The topological polar surface area (TPSA) is 113 Å². The van der Waals surface area contributed by atoms with Gasteiger partial charge in [0.05, 0.1) is 32.4 Å². The number of benzene rings is 2. The van der Waals surface area contributed by atoms with E-state index in [1.807, 2.05) is 31.2 Å². The molecule has 2 heterocycles. The van der Waals surface area contributed by atoms with Crippen LogP contribution in [0.3, 0.4) is 0 Å². The molecule has 0 aromatic heterocycles. The molecule has 0 aliphatic carbocycles. The highest BCUT2D eigenvalue weighted by atomic mass is 16.5. The summed E-state index contributed by atoms with van der Waals surface area (Å²) in [5.74, 6) is 0.547. The first-order chi connectivity index (χ1) is 17.4. The number of urea groups is 1. The molecule has 4 rings (SSSR count). The van der Waals surface area contributed by atoms with Gasteiger partial charge in [0, 0.05) is 44.1 Å². The van der Waals surface area contributed by atoms with E-state index in [9.17, 15) is 14.7 Å². The summed E-state index contributed by atoms with van der Waals surface area (Å²) in [4.78, 5) is 30.0. The molecule has 10 nitrogen and oxygen atoms in total. The van der Waals surface area contributed by atoms with Crippen molar-refractivity contribution in [3.63, 3.8) is 0 Å². The Kier molecular flexibility index (Phi) is 7.84. The molecule has 2 aliphatic rings. The molecule has 1 fully saturated rings. The second-order valence-corrected chi connectivity index (χ2v) is 8.54. The quantitative estimate of drug-likeness (QED) is 0.478. The van der Waals surface area contributed by atoms with Gasteiger partial charge in [-0.25, -0.2) is 9.59 Å². The van der Waals surface area contributed by atoms with Crippen LogP contribution in [0.4, 0.5) is 10.5 Å². The number of amides is 2. The molecule has 36 heavy (non-hydrogen) atoms. The lowest BCUT2D eigenvalue weighted by atomic mass is 9.94. The Balaban J connectivity index is 1.54. The fourth-order valence-electron chi connectivity index (χ4n) is 4.51. The summed E-state index contributed by atoms with van der Waals surface area (Å²) >= 11 is 0. The number of ether oxygens (including phenoxy) is 3. The molecule has 10 heteroatoms. The third-order valence-electron chi connectivity index (χ3n) is 6.37. The number of nitrogens with zero attached hydrogens (tertiary/aromatic N) is 2. The minimum absolute atomic E-state index is 0.0144. The van der Waals surface area contributed by atoms with Gasteiger partial charge in [-0.2, -0.15) is 0 Å². The van der Waals surface area contributed by atoms with Crippen molar-refractivity contribution < 1.29 is 28.9 Å². The highest BCUT2D eigenvalue weighted by Crippen LogP contribution is 2.34. The monoisotopic (exact) mass is 496 g/mol. The summed E-state index contributed by atoms with van der Waals surface area (Å²) in [5, 5.41) is 15.7. The van der Waals surface area contributed by atoms with E-state index in [4.69, 9.17) is 14.2 Å². The zero-order valence-corrected chi connectivity index (χ0v) is 20.7. The smallest absolute Gasteiger partial charge is 0.338 e. The Morgan fingerprint density at radius 3 is 2.44 bits per heavy atom. The predicted molar refractivity (Wildman–Crippen MR) is 134 cm³/mol. The molecule has 0 spiro atoms. The number of carbonyl (C=O) groups excluding carboxylic acids is 2. The number of esters is 1. The maximum Gasteiger partial charge on any atom is 0.338 e. The van der Waals surface area contributed by atoms with Crippen LogP contribution in [0.25, 0.3) is 0 Å². The number of anilines is 1. The number of rotatable bonds is 8. The van der Waals surface area contributed by atoms with E-state index in [-0.39, 0.29) is 11.5 Å². The lowest BCUT2D eigenvalue weighted by Crippen LogP contribution is -2.51. The minimum Gasteiger partial charge on any atom is -0.504 e. The number of phenolic OH excluding ortho intramolecular Hbond substituents is 1. The molecule has 2 aromatic rings. The summed E-state index contributed by atoms with van der Waals surface area (Å²) in [6, 6.07) is 11.6. The van der Waals surface area contributed by atoms with Gasteiger partial charge in [-0.3, -0.25) is 4.90 Å². The van der Waals surface area contributed by atoms with E-state index in [1.54, 1.807) is 19.2 Å². The lowest BCUT2D eigenvalue weighted by Gasteiger charge is -2.38. The molecule has 192 valence electrons. The van der Waals surface area contributed by atoms with Crippen molar-refractivity contribution in [2.45, 2.75) is 13.0 Å². The first-order valence-corrected chi connectivity index (χ1v) is 11.9. The average molecular weight is 497 g/mol. The number of hydrogen-bond acceptors (Lipinski definition) is 8. The first kappa shape index (κ1) is 25.2. The van der Waals surface area contributed by atoms with Gasteiger partial charge in [-0.05, 0) is 48.9 Å². The van der Waals surface area contributed by atoms with Gasteiger partial charge in [0.2, 0.25) is 0 Å². The summed E-state index contributed by atoms with van der Waals surface area (Å²) in [6.45, 7) is 5.68. The van der Waals surface area contributed by atoms with Crippen molar-refractivity contribution in [1.29, 1.82) is 0 Å². The molecule has 0 saturated carbocycles. The van der Waals surface area contributed by atoms with Gasteiger partial charge in [0.15, 0.2) is 11.5 Å². The summed E-state index contributed by atoms with van der Waals surface area (Å²) in [6.07, 6.45) is 0. The Labute approximate surface area is 210 Å². The normalized spacial score (nSPS) is 18.4. The number of hydrogen-bond donors (Lipinski definition) is 3. The number of piperazine rings is 1. The molecule has 2 aromatic carbocycles. The van der Waals surface area contributed by atoms with Crippen molar-refractivity contribution in [3.05, 3.63) is 59.3 Å². The highest BCUT2D eigenvalue weighted by Gasteiger charge is 2.35. The van der Waals surface area contributed by atoms with Crippen molar-refractivity contribution in [2.24, 2.45) is 0 Å². The Bertz CT molecular complexity index is 1130. The molecule has 2 amide bonds. The van der Waals surface area contributed by atoms with Crippen LogP contribution in [-0.2, 0) is 9.53 Å². The number of carbonyl (C=O) groups is 2. The van der Waals surface area contributed by atoms with Gasteiger partial charge >= 0.3 is 12.0 Å². The predicted octanol–water partition coefficient (Wildman–Crippen LogP) is 2.40. The Morgan fingerprint density at radius 2 is 1.81 bits per heavy atom. The van der Waals surface area contributed by atoms with Crippen molar-refractivity contribution in [1.82, 2.24) is 15.5 Å². The van der Waals surface area contributed by atoms with Crippen LogP contribution in [0.2, 0.25) is 0 Å². The van der Waals surface area contributed by atoms with Crippen LogP contribution in [0.1, 0.15) is 18.5 Å². The molecule has 0 unspecified atom stereocenters. The zero-order chi connectivity index (χ0) is 25.7. The Morgan fingerprint density at radius 1 is 1.08 bits per heavy atom. The van der Waals surface area contributed by atoms with Crippen LogP contribution in [0.5, 0.6) is 17.2 Å². The Hall–Kier alpha value is -3.92. The fraction of sp³-hybridized carbons (Fsp3) is 0.385. The largest absolute Gasteiger partial charge is 0.504 e. The molecule has 2 aliphatic heterocycles. The second-order valence-electron chi connectivity index (χ2n) is 8.54. The maximum absolute atomic E-state index is 12.9. The second kappa shape index (κ2) is 11.2. The summed E-state index contributed by atoms with van der Waals surface area (Å²) < 4.78 is 15.8. The number of nitrogens with one attached hydrogen (secondary N) is 2. The van der Waals surface area contributed by atoms with Crippen LogP contribution < -0.4 is 25.0 Å². The van der Waals surface area contributed by atoms with Crippen LogP contribution in [0.15, 0.2) is 53.7 Å². The zero-order valence-electron chi connectivity index (χ0n) is 20.7. The summed E-state index contributed by atoms with van der Waals surface area (Å²) in [7, 11) is 2.96. The molecular formula is C26H32N4O6. The van der Waals surface area contributed by atoms with E-state index in [0.717, 1.165) is 37.6 Å². The molecular weight excluding hydrogens is 464 g/mol. The van der Waals surface area contributed by atoms with Crippen LogP contribution in [-0.4, -0.2) is 75.6 Å². The van der Waals surface area contributed by atoms with E-state index in [2.05, 4.69) is 20.4 Å². The first-order valence-electron chi connectivity index (χ1n) is 11.9. The molecule has 1 atom stereocenters. The van der Waals surface area contributed by atoms with Gasteiger partial charge in [-0.15, -0.1) is 0 Å². The number of methoxy groups -OCH3 is 2. The number of aromatic hydroxyl groups is 1. The molecule has 1 saturated heterocycles. The average Bonchev–Trinajstić information content (AvgIpc) is 2.90.